The van der Waals surface area contributed by atoms with Gasteiger partial charge in [-0.05, 0) is 0 Å². The van der Waals surface area contributed by atoms with Crippen molar-refractivity contribution in [1.29, 1.82) is 0 Å². The Morgan fingerprint density at radius 2 is 2.27 bits per heavy atom. The van der Waals surface area contributed by atoms with Crippen LogP contribution in [0.4, 0.5) is 5.82 Å². The van der Waals surface area contributed by atoms with Crippen LogP contribution in [0.5, 0.6) is 0 Å². The number of imidazole rings is 1. The molecule has 4 unspecified atom stereocenters. The molecule has 1 saturated heterocycles. The van der Waals surface area contributed by atoms with Crippen molar-refractivity contribution in [2.45, 2.75) is 24.5 Å². The topological polar surface area (TPSA) is 135 Å². The van der Waals surface area contributed by atoms with Crippen molar-refractivity contribution >= 4 is 25.7 Å². The zero-order valence-corrected chi connectivity index (χ0v) is 12.5. The maximum atomic E-state index is 10.8. The van der Waals surface area contributed by atoms with Gasteiger partial charge in [0.15, 0.2) is 17.7 Å². The quantitative estimate of drug-likeness (QED) is 0.722. The number of nitrogens with zero attached hydrogens (tertiary/aromatic N) is 4. The Morgan fingerprint density at radius 3 is 2.95 bits per heavy atom. The molecule has 11 heteroatoms. The maximum absolute atomic E-state index is 10.8. The van der Waals surface area contributed by atoms with Crippen molar-refractivity contribution in [3.8, 4) is 0 Å². The van der Waals surface area contributed by atoms with Gasteiger partial charge in [-0.2, -0.15) is 0 Å². The van der Waals surface area contributed by atoms with E-state index < -0.39 is 33.2 Å². The molecule has 10 nitrogen and oxygen atoms in total. The van der Waals surface area contributed by atoms with Gasteiger partial charge in [-0.3, -0.25) is 9.09 Å². The van der Waals surface area contributed by atoms with E-state index in [1.54, 1.807) is 4.57 Å². The van der Waals surface area contributed by atoms with Gasteiger partial charge in [-0.25, -0.2) is 19.5 Å². The van der Waals surface area contributed by atoms with Crippen LogP contribution < -0.4 is 5.73 Å². The minimum Gasteiger partial charge on any atom is -0.394 e. The average molecular weight is 327 g/mol. The minimum absolute atomic E-state index is 0.250. The number of nitrogens with two attached hydrogens (primary N) is 1. The predicted molar refractivity (Wildman–Crippen MR) is 74.0 cm³/mol. The van der Waals surface area contributed by atoms with Crippen LogP contribution in [0.2, 0.25) is 0 Å². The number of aromatic nitrogens is 4. The summed E-state index contributed by atoms with van der Waals surface area (Å²) in [5.74, 6) is 0.250. The van der Waals surface area contributed by atoms with Gasteiger partial charge in [0, 0.05) is 7.11 Å². The number of hydrogen-bond donors (Lipinski definition) is 2. The lowest BCUT2D eigenvalue weighted by molar-refractivity contribution is -0.0583. The van der Waals surface area contributed by atoms with E-state index in [0.717, 1.165) is 0 Å². The highest BCUT2D eigenvalue weighted by molar-refractivity contribution is 7.17. The molecule has 22 heavy (non-hydrogen) atoms. The van der Waals surface area contributed by atoms with Gasteiger partial charge in [-0.15, -0.1) is 0 Å². The molecule has 0 saturated carbocycles. The Balaban J connectivity index is 2.02. The van der Waals surface area contributed by atoms with Gasteiger partial charge in [0.05, 0.1) is 12.9 Å². The SMILES string of the molecule is COC1C(OP=O)C(CO)OC1n1cnc2c(N)ncnc21. The molecule has 3 N–H and O–H groups in total. The summed E-state index contributed by atoms with van der Waals surface area (Å²) in [4.78, 5) is 12.2. The summed E-state index contributed by atoms with van der Waals surface area (Å²) in [6, 6.07) is 0. The molecular formula is C11H14N5O5P. The van der Waals surface area contributed by atoms with Gasteiger partial charge < -0.3 is 20.3 Å². The molecule has 2 aromatic rings. The molecular weight excluding hydrogens is 313 g/mol. The average Bonchev–Trinajstić information content (AvgIpc) is 3.09. The lowest BCUT2D eigenvalue weighted by Crippen LogP contribution is -2.35. The number of methoxy groups -OCH3 is 1. The largest absolute Gasteiger partial charge is 0.394 e. The van der Waals surface area contributed by atoms with E-state index in [2.05, 4.69) is 15.0 Å². The van der Waals surface area contributed by atoms with Gasteiger partial charge >= 0.3 is 8.69 Å². The molecule has 0 aromatic carbocycles. The van der Waals surface area contributed by atoms with Crippen molar-refractivity contribution in [1.82, 2.24) is 19.5 Å². The lowest BCUT2D eigenvalue weighted by atomic mass is 10.1. The molecule has 0 aliphatic carbocycles. The number of aliphatic hydroxyl groups is 1. The first-order valence-corrected chi connectivity index (χ1v) is 7.15. The molecule has 0 bridgehead atoms. The maximum Gasteiger partial charge on any atom is 0.327 e. The number of aliphatic hydroxyl groups excluding tert-OH is 1. The summed E-state index contributed by atoms with van der Waals surface area (Å²) in [7, 11) is 0.955. The smallest absolute Gasteiger partial charge is 0.327 e. The fraction of sp³-hybridized carbons (Fsp3) is 0.545. The highest BCUT2D eigenvalue weighted by Crippen LogP contribution is 2.36. The third kappa shape index (κ3) is 2.34. The van der Waals surface area contributed by atoms with E-state index in [-0.39, 0.29) is 12.4 Å². The van der Waals surface area contributed by atoms with Crippen LogP contribution >= 0.6 is 8.69 Å². The summed E-state index contributed by atoms with van der Waals surface area (Å²) in [6.07, 6.45) is 0.169. The predicted octanol–water partition coefficient (Wildman–Crippen LogP) is -0.0949. The molecule has 0 radical (unpaired) electrons. The Kier molecular flexibility index (Phi) is 4.27. The van der Waals surface area contributed by atoms with E-state index >= 15 is 0 Å². The van der Waals surface area contributed by atoms with E-state index in [1.807, 2.05) is 0 Å². The van der Waals surface area contributed by atoms with Gasteiger partial charge in [-0.1, -0.05) is 0 Å². The van der Waals surface area contributed by atoms with E-state index in [1.165, 1.54) is 19.8 Å². The second-order valence-electron chi connectivity index (χ2n) is 4.68. The number of hydrogen-bond acceptors (Lipinski definition) is 9. The third-order valence-corrected chi connectivity index (χ3v) is 3.89. The lowest BCUT2D eigenvalue weighted by Gasteiger charge is -2.20. The second kappa shape index (κ2) is 6.19. The molecule has 1 aliphatic heterocycles. The van der Waals surface area contributed by atoms with Crippen molar-refractivity contribution in [2.24, 2.45) is 0 Å². The first-order valence-electron chi connectivity index (χ1n) is 6.41. The van der Waals surface area contributed by atoms with Gasteiger partial charge in [0.2, 0.25) is 0 Å². The number of nitrogen functional groups attached to an aromatic ring is 1. The molecule has 0 spiro atoms. The van der Waals surface area contributed by atoms with Crippen molar-refractivity contribution in [3.05, 3.63) is 12.7 Å². The number of fused-ring (bicyclic) bond motifs is 1. The highest BCUT2D eigenvalue weighted by atomic mass is 31.1. The van der Waals surface area contributed by atoms with Gasteiger partial charge in [0.25, 0.3) is 0 Å². The highest BCUT2D eigenvalue weighted by Gasteiger charge is 2.47. The second-order valence-corrected chi connectivity index (χ2v) is 5.04. The number of ether oxygens (including phenoxy) is 2. The van der Waals surface area contributed by atoms with Gasteiger partial charge in [0.1, 0.15) is 30.2 Å². The van der Waals surface area contributed by atoms with Crippen LogP contribution in [-0.2, 0) is 18.6 Å². The molecule has 1 fully saturated rings. The van der Waals surface area contributed by atoms with E-state index in [0.29, 0.717) is 11.2 Å². The number of rotatable bonds is 5. The first kappa shape index (κ1) is 15.2. The molecule has 2 aromatic heterocycles. The van der Waals surface area contributed by atoms with E-state index in [9.17, 15) is 9.67 Å². The van der Waals surface area contributed by atoms with Crippen LogP contribution in [0.25, 0.3) is 11.2 Å². The fourth-order valence-corrected chi connectivity index (χ4v) is 2.92. The summed E-state index contributed by atoms with van der Waals surface area (Å²) < 4.78 is 28.6. The van der Waals surface area contributed by atoms with Crippen LogP contribution in [0.3, 0.4) is 0 Å². The van der Waals surface area contributed by atoms with Crippen LogP contribution in [0.1, 0.15) is 6.23 Å². The molecule has 1 aliphatic rings. The molecule has 0 amide bonds. The summed E-state index contributed by atoms with van der Waals surface area (Å²) in [5, 5.41) is 9.41. The summed E-state index contributed by atoms with van der Waals surface area (Å²) in [6.45, 7) is -0.305. The standard InChI is InChI=1S/C11H14N5O5P/c1-19-8-7(21-22-18)5(2-17)20-11(8)16-4-15-6-9(12)13-3-14-10(6)16/h3-5,7-8,11,17H,2H2,1H3,(H2,12,13,14). The monoisotopic (exact) mass is 327 g/mol. The van der Waals surface area contributed by atoms with Crippen molar-refractivity contribution in [2.75, 3.05) is 19.5 Å². The summed E-state index contributed by atoms with van der Waals surface area (Å²) >= 11 is 0. The Bertz CT molecular complexity index is 682. The normalized spacial score (nSPS) is 28.6. The van der Waals surface area contributed by atoms with Crippen molar-refractivity contribution in [3.63, 3.8) is 0 Å². The Hall–Kier alpha value is -1.71. The van der Waals surface area contributed by atoms with Crippen LogP contribution in [0.15, 0.2) is 12.7 Å². The minimum atomic E-state index is -0.698. The fourth-order valence-electron chi connectivity index (χ4n) is 2.56. The molecule has 3 heterocycles. The van der Waals surface area contributed by atoms with Crippen LogP contribution in [-0.4, -0.2) is 56.7 Å². The summed E-state index contributed by atoms with van der Waals surface area (Å²) in [5.41, 5.74) is 6.66. The Morgan fingerprint density at radius 1 is 1.45 bits per heavy atom. The molecule has 3 rings (SSSR count). The van der Waals surface area contributed by atoms with E-state index in [4.69, 9.17) is 19.7 Å². The third-order valence-electron chi connectivity index (χ3n) is 3.56. The molecule has 118 valence electrons. The Labute approximate surface area is 126 Å². The van der Waals surface area contributed by atoms with Crippen molar-refractivity contribution < 1.29 is 23.7 Å². The number of anilines is 1. The first-order chi connectivity index (χ1) is 10.7. The zero-order valence-electron chi connectivity index (χ0n) is 11.6. The molecule has 4 atom stereocenters. The zero-order chi connectivity index (χ0) is 15.7. The van der Waals surface area contributed by atoms with Crippen LogP contribution in [0, 0.1) is 0 Å².